The molecule has 1 unspecified atom stereocenters. The van der Waals surface area contributed by atoms with Crippen molar-refractivity contribution in [1.29, 1.82) is 0 Å². The van der Waals surface area contributed by atoms with Gasteiger partial charge in [-0.2, -0.15) is 0 Å². The second kappa shape index (κ2) is 5.91. The molecule has 1 N–H and O–H groups in total. The molecule has 5 nitrogen and oxygen atoms in total. The molecule has 0 saturated carbocycles. The molecule has 1 aliphatic heterocycles. The maximum absolute atomic E-state index is 12.5. The smallest absolute Gasteiger partial charge is 0.303 e. The molecular weight excluding hydrogens is 246 g/mol. The summed E-state index contributed by atoms with van der Waals surface area (Å²) in [6, 6.07) is 1.72. The van der Waals surface area contributed by atoms with Crippen LogP contribution in [0, 0.1) is 6.92 Å². The van der Waals surface area contributed by atoms with Crippen LogP contribution in [0.1, 0.15) is 48.2 Å². The van der Waals surface area contributed by atoms with Gasteiger partial charge in [0, 0.05) is 19.0 Å². The molecule has 5 heteroatoms. The van der Waals surface area contributed by atoms with Crippen LogP contribution in [0.15, 0.2) is 16.7 Å². The summed E-state index contributed by atoms with van der Waals surface area (Å²) < 4.78 is 5.17. The molecule has 0 spiro atoms. The van der Waals surface area contributed by atoms with Crippen LogP contribution < -0.4 is 0 Å². The van der Waals surface area contributed by atoms with Crippen LogP contribution in [0.25, 0.3) is 0 Å². The topological polar surface area (TPSA) is 70.8 Å². The highest BCUT2D eigenvalue weighted by Crippen LogP contribution is 2.24. The Morgan fingerprint density at radius 2 is 2.26 bits per heavy atom. The number of carbonyl (C=O) groups is 2. The van der Waals surface area contributed by atoms with Crippen LogP contribution in [0.2, 0.25) is 0 Å². The highest BCUT2D eigenvalue weighted by atomic mass is 16.4. The highest BCUT2D eigenvalue weighted by molar-refractivity contribution is 5.95. The average molecular weight is 265 g/mol. The summed E-state index contributed by atoms with van der Waals surface area (Å²) in [6.45, 7) is 2.47. The van der Waals surface area contributed by atoms with Gasteiger partial charge in [0.15, 0.2) is 0 Å². The molecule has 2 heterocycles. The number of likely N-dealkylation sites (tertiary alicyclic amines) is 1. The van der Waals surface area contributed by atoms with E-state index >= 15 is 0 Å². The quantitative estimate of drug-likeness (QED) is 0.907. The molecular formula is C14H19NO4. The Kier molecular flexibility index (Phi) is 4.24. The van der Waals surface area contributed by atoms with Gasteiger partial charge in [-0.05, 0) is 38.7 Å². The molecule has 0 radical (unpaired) electrons. The number of rotatable bonds is 4. The lowest BCUT2D eigenvalue weighted by Gasteiger charge is -2.35. The first-order chi connectivity index (χ1) is 9.09. The average Bonchev–Trinajstić information content (AvgIpc) is 2.82. The van der Waals surface area contributed by atoms with Gasteiger partial charge in [0.2, 0.25) is 0 Å². The number of carboxylic acids is 1. The minimum absolute atomic E-state index is 0.0339. The number of amides is 1. The van der Waals surface area contributed by atoms with E-state index in [4.69, 9.17) is 9.52 Å². The largest absolute Gasteiger partial charge is 0.481 e. The summed E-state index contributed by atoms with van der Waals surface area (Å²) in [5.74, 6) is -0.230. The summed E-state index contributed by atoms with van der Waals surface area (Å²) in [5, 5.41) is 8.78. The van der Waals surface area contributed by atoms with E-state index in [-0.39, 0.29) is 18.4 Å². The van der Waals surface area contributed by atoms with Crippen molar-refractivity contribution >= 4 is 11.9 Å². The number of nitrogens with zero attached hydrogens (tertiary/aromatic N) is 1. The molecule has 1 saturated heterocycles. The Hall–Kier alpha value is -1.78. The van der Waals surface area contributed by atoms with Gasteiger partial charge in [-0.25, -0.2) is 0 Å². The van der Waals surface area contributed by atoms with Crippen molar-refractivity contribution < 1.29 is 19.1 Å². The van der Waals surface area contributed by atoms with Gasteiger partial charge in [0.05, 0.1) is 11.8 Å². The normalized spacial score (nSPS) is 19.4. The Balaban J connectivity index is 2.08. The molecule has 104 valence electrons. The van der Waals surface area contributed by atoms with E-state index in [1.807, 2.05) is 4.90 Å². The molecule has 1 aromatic rings. The van der Waals surface area contributed by atoms with Gasteiger partial charge >= 0.3 is 5.97 Å². The molecule has 0 aromatic carbocycles. The van der Waals surface area contributed by atoms with Crippen molar-refractivity contribution in [3.05, 3.63) is 23.7 Å². The van der Waals surface area contributed by atoms with E-state index in [1.165, 1.54) is 6.26 Å². The predicted octanol–water partition coefficient (Wildman–Crippen LogP) is 2.45. The first-order valence-electron chi connectivity index (χ1n) is 6.66. The lowest BCUT2D eigenvalue weighted by Crippen LogP contribution is -2.44. The van der Waals surface area contributed by atoms with Crippen molar-refractivity contribution in [3.8, 4) is 0 Å². The molecule has 0 aliphatic carbocycles. The minimum Gasteiger partial charge on any atom is -0.481 e. The van der Waals surface area contributed by atoms with E-state index in [9.17, 15) is 9.59 Å². The predicted molar refractivity (Wildman–Crippen MR) is 69.0 cm³/mol. The zero-order valence-electron chi connectivity index (χ0n) is 11.1. The second-order valence-corrected chi connectivity index (χ2v) is 4.97. The zero-order chi connectivity index (χ0) is 13.8. The third kappa shape index (κ3) is 3.16. The van der Waals surface area contributed by atoms with Crippen molar-refractivity contribution in [3.63, 3.8) is 0 Å². The second-order valence-electron chi connectivity index (χ2n) is 4.97. The maximum atomic E-state index is 12.5. The van der Waals surface area contributed by atoms with Crippen LogP contribution in [0.3, 0.4) is 0 Å². The third-order valence-electron chi connectivity index (χ3n) is 3.67. The first kappa shape index (κ1) is 13.6. The van der Waals surface area contributed by atoms with Crippen LogP contribution in [-0.4, -0.2) is 34.5 Å². The van der Waals surface area contributed by atoms with E-state index in [2.05, 4.69) is 0 Å². The van der Waals surface area contributed by atoms with Crippen molar-refractivity contribution in [2.45, 2.75) is 45.1 Å². The monoisotopic (exact) mass is 265 g/mol. The van der Waals surface area contributed by atoms with E-state index in [1.54, 1.807) is 13.0 Å². The van der Waals surface area contributed by atoms with Gasteiger partial charge in [0.25, 0.3) is 5.91 Å². The van der Waals surface area contributed by atoms with Gasteiger partial charge < -0.3 is 14.4 Å². The summed E-state index contributed by atoms with van der Waals surface area (Å²) in [4.78, 5) is 24.9. The molecule has 19 heavy (non-hydrogen) atoms. The lowest BCUT2D eigenvalue weighted by molar-refractivity contribution is -0.137. The van der Waals surface area contributed by atoms with Crippen molar-refractivity contribution in [2.75, 3.05) is 6.54 Å². The van der Waals surface area contributed by atoms with Crippen LogP contribution in [0.4, 0.5) is 0 Å². The summed E-state index contributed by atoms with van der Waals surface area (Å²) in [7, 11) is 0. The van der Waals surface area contributed by atoms with Crippen LogP contribution >= 0.6 is 0 Å². The summed E-state index contributed by atoms with van der Waals surface area (Å²) in [5.41, 5.74) is 0.585. The Labute approximate surface area is 112 Å². The van der Waals surface area contributed by atoms with Crippen LogP contribution in [0.5, 0.6) is 0 Å². The molecule has 1 atom stereocenters. The number of carboxylic acid groups (broad SMARTS) is 1. The first-order valence-corrected chi connectivity index (χ1v) is 6.66. The fraction of sp³-hybridized carbons (Fsp3) is 0.571. The zero-order valence-corrected chi connectivity index (χ0v) is 11.1. The van der Waals surface area contributed by atoms with Crippen molar-refractivity contribution in [1.82, 2.24) is 4.90 Å². The molecule has 2 rings (SSSR count). The molecule has 1 aromatic heterocycles. The Morgan fingerprint density at radius 3 is 2.89 bits per heavy atom. The van der Waals surface area contributed by atoms with Gasteiger partial charge in [-0.3, -0.25) is 9.59 Å². The minimum atomic E-state index is -0.808. The Morgan fingerprint density at radius 1 is 1.47 bits per heavy atom. The fourth-order valence-corrected chi connectivity index (χ4v) is 2.62. The molecule has 1 fully saturated rings. The van der Waals surface area contributed by atoms with E-state index in [0.717, 1.165) is 19.3 Å². The number of hydrogen-bond acceptors (Lipinski definition) is 3. The molecule has 0 bridgehead atoms. The van der Waals surface area contributed by atoms with Crippen molar-refractivity contribution in [2.24, 2.45) is 0 Å². The number of furan rings is 1. The maximum Gasteiger partial charge on any atom is 0.303 e. The Bertz CT molecular complexity index is 466. The fourth-order valence-electron chi connectivity index (χ4n) is 2.62. The highest BCUT2D eigenvalue weighted by Gasteiger charge is 2.29. The van der Waals surface area contributed by atoms with E-state index in [0.29, 0.717) is 24.3 Å². The number of aliphatic carboxylic acids is 1. The van der Waals surface area contributed by atoms with Gasteiger partial charge in [0.1, 0.15) is 5.76 Å². The standard InChI is InChI=1S/C14H19NO4/c1-10-12(7-9-19-10)14(18)15-8-3-2-4-11(15)5-6-13(16)17/h7,9,11H,2-6,8H2,1H3,(H,16,17). The number of carbonyl (C=O) groups excluding carboxylic acids is 1. The van der Waals surface area contributed by atoms with E-state index < -0.39 is 5.97 Å². The number of aryl methyl sites for hydroxylation is 1. The number of hydrogen-bond donors (Lipinski definition) is 1. The summed E-state index contributed by atoms with van der Waals surface area (Å²) >= 11 is 0. The molecule has 1 aliphatic rings. The molecule has 1 amide bonds. The SMILES string of the molecule is Cc1occc1C(=O)N1CCCCC1CCC(=O)O. The lowest BCUT2D eigenvalue weighted by atomic mass is 9.97. The third-order valence-corrected chi connectivity index (χ3v) is 3.67. The summed E-state index contributed by atoms with van der Waals surface area (Å²) in [6.07, 6.45) is 5.07. The number of piperidine rings is 1. The van der Waals surface area contributed by atoms with Gasteiger partial charge in [-0.1, -0.05) is 0 Å². The van der Waals surface area contributed by atoms with Gasteiger partial charge in [-0.15, -0.1) is 0 Å². The van der Waals surface area contributed by atoms with Crippen LogP contribution in [-0.2, 0) is 4.79 Å².